The third-order valence-corrected chi connectivity index (χ3v) is 15.8. The van der Waals surface area contributed by atoms with Gasteiger partial charge in [-0.1, -0.05) is 72.4 Å². The van der Waals surface area contributed by atoms with E-state index in [0.29, 0.717) is 60.4 Å². The molecule has 8 heterocycles. The average molecular weight is 1040 g/mol. The van der Waals surface area contributed by atoms with Gasteiger partial charge in [-0.2, -0.15) is 28.6 Å². The molecule has 372 valence electrons. The molecule has 0 N–H and O–H groups in total. The molecular formula is C50H58Cl4F3N13. The van der Waals surface area contributed by atoms with Crippen LogP contribution in [0, 0.1) is 35.0 Å². The van der Waals surface area contributed by atoms with E-state index in [9.17, 15) is 18.4 Å². The summed E-state index contributed by atoms with van der Waals surface area (Å²) in [5, 5.41) is 20.0. The molecule has 2 aromatic carbocycles. The van der Waals surface area contributed by atoms with Gasteiger partial charge in [0.15, 0.2) is 22.7 Å². The summed E-state index contributed by atoms with van der Waals surface area (Å²) < 4.78 is 44.4. The lowest BCUT2D eigenvalue weighted by atomic mass is 9.80. The predicted molar refractivity (Wildman–Crippen MR) is 271 cm³/mol. The van der Waals surface area contributed by atoms with Crippen LogP contribution in [0.25, 0.3) is 22.3 Å². The standard InChI is InChI=1S/C25H29Cl2F3N6.C25H29Cl2N7/c1-3-8-34-9-4-5-16(12-34)17-13-35(14-17)21-11-31-22-23(25(28,29)30)33-36(24(22)32-21)15(2)19-7-6-18(26)10-20(19)27;1-3-8-32-9-4-5-17(13-32)18-14-33(15-18)23-12-29-24-22(11-28)31-34(25(24)30-23)16(2)20-7-6-19(26)10-21(20)27/h6-7,10-11,15-17H,3-5,8-9,12-14H2,1-2H3;6-7,10,12,16-18H,3-5,8-9,13-15H2,1-2H3/t15-,16+;/m1./s1. The molecule has 6 aromatic rings. The summed E-state index contributed by atoms with van der Waals surface area (Å²) in [6.45, 7) is 19.0. The first-order chi connectivity index (χ1) is 33.6. The van der Waals surface area contributed by atoms with Crippen molar-refractivity contribution in [3.8, 4) is 6.07 Å². The Hall–Kier alpha value is -4.50. The molecule has 2 unspecified atom stereocenters. The molecule has 0 bridgehead atoms. The highest BCUT2D eigenvalue weighted by Gasteiger charge is 2.41. The van der Waals surface area contributed by atoms with Gasteiger partial charge in [-0.25, -0.2) is 29.3 Å². The minimum absolute atomic E-state index is 0.0913. The van der Waals surface area contributed by atoms with Crippen molar-refractivity contribution in [2.75, 3.05) is 75.2 Å². The molecule has 4 saturated heterocycles. The highest BCUT2D eigenvalue weighted by atomic mass is 35.5. The molecule has 4 aromatic heterocycles. The fourth-order valence-electron chi connectivity index (χ4n) is 10.8. The molecule has 13 nitrogen and oxygen atoms in total. The summed E-state index contributed by atoms with van der Waals surface area (Å²) in [6.07, 6.45) is 6.00. The van der Waals surface area contributed by atoms with Gasteiger partial charge in [-0.05, 0) is 138 Å². The molecule has 0 spiro atoms. The Morgan fingerprint density at radius 1 is 0.657 bits per heavy atom. The number of fused-ring (bicyclic) bond motifs is 2. The monoisotopic (exact) mass is 1040 g/mol. The van der Waals surface area contributed by atoms with Gasteiger partial charge < -0.3 is 19.6 Å². The van der Waals surface area contributed by atoms with Crippen molar-refractivity contribution in [1.82, 2.24) is 49.3 Å². The first kappa shape index (κ1) is 50.4. The van der Waals surface area contributed by atoms with Crippen molar-refractivity contribution in [2.24, 2.45) is 23.7 Å². The molecule has 0 amide bonds. The zero-order valence-corrected chi connectivity index (χ0v) is 42.9. The Balaban J connectivity index is 0.000000174. The molecule has 4 atom stereocenters. The lowest BCUT2D eigenvalue weighted by Crippen LogP contribution is -2.53. The van der Waals surface area contributed by atoms with Gasteiger partial charge in [0.25, 0.3) is 0 Å². The summed E-state index contributed by atoms with van der Waals surface area (Å²) in [5.41, 5.74) is 1.63. The van der Waals surface area contributed by atoms with Gasteiger partial charge in [-0.3, -0.25) is 0 Å². The SMILES string of the molecule is CCCN1CCCC(C2CN(c3cnc4c(C#N)nn(C(C)c5ccc(Cl)cc5Cl)c4n3)C2)C1.CCCN1CCC[C@H](C2CN(c3cnc4c(C(F)(F)F)nn([C@H](C)c5ccc(Cl)cc5Cl)c4n3)C2)C1. The van der Waals surface area contributed by atoms with E-state index in [0.717, 1.165) is 63.0 Å². The van der Waals surface area contributed by atoms with E-state index in [4.69, 9.17) is 51.4 Å². The van der Waals surface area contributed by atoms with E-state index in [1.165, 1.54) is 69.2 Å². The minimum atomic E-state index is -4.66. The summed E-state index contributed by atoms with van der Waals surface area (Å²) in [7, 11) is 0. The predicted octanol–water partition coefficient (Wildman–Crippen LogP) is 11.5. The Bertz CT molecular complexity index is 2850. The van der Waals surface area contributed by atoms with Crippen LogP contribution in [-0.4, -0.2) is 115 Å². The number of anilines is 2. The number of benzene rings is 2. The molecular weight excluding hydrogens is 981 g/mol. The van der Waals surface area contributed by atoms with Crippen molar-refractivity contribution in [1.29, 1.82) is 5.26 Å². The van der Waals surface area contributed by atoms with Crippen LogP contribution in [0.5, 0.6) is 0 Å². The Kier molecular flexibility index (Phi) is 15.3. The van der Waals surface area contributed by atoms with Crippen LogP contribution in [0.4, 0.5) is 24.8 Å². The molecule has 70 heavy (non-hydrogen) atoms. The largest absolute Gasteiger partial charge is 0.437 e. The first-order valence-electron chi connectivity index (χ1n) is 24.5. The Morgan fingerprint density at radius 3 is 1.56 bits per heavy atom. The van der Waals surface area contributed by atoms with Gasteiger partial charge in [0.1, 0.15) is 28.7 Å². The lowest BCUT2D eigenvalue weighted by Gasteiger charge is -2.47. The van der Waals surface area contributed by atoms with Gasteiger partial charge in [0, 0.05) is 59.4 Å². The molecule has 10 rings (SSSR count). The molecule has 4 aliphatic rings. The second-order valence-electron chi connectivity index (χ2n) is 19.4. The number of nitriles is 1. The van der Waals surface area contributed by atoms with Crippen LogP contribution < -0.4 is 9.80 Å². The average Bonchev–Trinajstić information content (AvgIpc) is 3.87. The molecule has 20 heteroatoms. The summed E-state index contributed by atoms with van der Waals surface area (Å²) in [6, 6.07) is 11.6. The highest BCUT2D eigenvalue weighted by Crippen LogP contribution is 2.40. The number of halogens is 7. The molecule has 4 aliphatic heterocycles. The highest BCUT2D eigenvalue weighted by molar-refractivity contribution is 6.35. The second kappa shape index (κ2) is 21.3. The smallest absolute Gasteiger partial charge is 0.355 e. The second-order valence-corrected chi connectivity index (χ2v) is 21.1. The maximum Gasteiger partial charge on any atom is 0.437 e. The number of alkyl halides is 3. The van der Waals surface area contributed by atoms with Crippen molar-refractivity contribution in [3.05, 3.63) is 91.4 Å². The van der Waals surface area contributed by atoms with E-state index in [-0.39, 0.29) is 22.9 Å². The van der Waals surface area contributed by atoms with Crippen LogP contribution in [0.2, 0.25) is 20.1 Å². The summed E-state index contributed by atoms with van der Waals surface area (Å²) in [5.74, 6) is 4.08. The number of nitrogens with zero attached hydrogens (tertiary/aromatic N) is 13. The van der Waals surface area contributed by atoms with E-state index in [1.54, 1.807) is 48.1 Å². The normalized spacial score (nSPS) is 20.5. The minimum Gasteiger partial charge on any atom is -0.355 e. The number of aromatic nitrogens is 8. The zero-order chi connectivity index (χ0) is 49.4. The fraction of sp³-hybridized carbons (Fsp3) is 0.540. The number of piperidine rings is 2. The molecule has 4 fully saturated rings. The van der Waals surface area contributed by atoms with Crippen LogP contribution in [0.3, 0.4) is 0 Å². The maximum atomic E-state index is 13.8. The quantitative estimate of drug-likeness (QED) is 0.116. The number of rotatable bonds is 12. The third-order valence-electron chi connectivity index (χ3n) is 14.7. The van der Waals surface area contributed by atoms with E-state index >= 15 is 0 Å². The summed E-state index contributed by atoms with van der Waals surface area (Å²) in [4.78, 5) is 27.9. The van der Waals surface area contributed by atoms with Crippen LogP contribution >= 0.6 is 46.4 Å². The van der Waals surface area contributed by atoms with Crippen molar-refractivity contribution in [3.63, 3.8) is 0 Å². The van der Waals surface area contributed by atoms with E-state index < -0.39 is 17.9 Å². The van der Waals surface area contributed by atoms with Gasteiger partial charge in [-0.15, -0.1) is 0 Å². The Labute approximate surface area is 426 Å². The fourth-order valence-corrected chi connectivity index (χ4v) is 12.0. The molecule has 0 saturated carbocycles. The lowest BCUT2D eigenvalue weighted by molar-refractivity contribution is -0.140. The number of hydrogen-bond acceptors (Lipinski definition) is 11. The number of hydrogen-bond donors (Lipinski definition) is 0. The van der Waals surface area contributed by atoms with Crippen LogP contribution in [0.15, 0.2) is 48.8 Å². The van der Waals surface area contributed by atoms with Crippen molar-refractivity contribution in [2.45, 2.75) is 84.5 Å². The van der Waals surface area contributed by atoms with Crippen LogP contribution in [0.1, 0.15) is 101 Å². The summed E-state index contributed by atoms with van der Waals surface area (Å²) >= 11 is 24.9. The van der Waals surface area contributed by atoms with E-state index in [2.05, 4.69) is 64.7 Å². The van der Waals surface area contributed by atoms with E-state index in [1.807, 2.05) is 13.0 Å². The van der Waals surface area contributed by atoms with Crippen molar-refractivity contribution < 1.29 is 13.2 Å². The molecule has 0 radical (unpaired) electrons. The first-order valence-corrected chi connectivity index (χ1v) is 26.0. The van der Waals surface area contributed by atoms with Crippen molar-refractivity contribution >= 4 is 80.4 Å². The Morgan fingerprint density at radius 2 is 1.11 bits per heavy atom. The van der Waals surface area contributed by atoms with Gasteiger partial charge in [0.2, 0.25) is 0 Å². The third kappa shape index (κ3) is 10.5. The zero-order valence-electron chi connectivity index (χ0n) is 39.9. The maximum absolute atomic E-state index is 13.8. The van der Waals surface area contributed by atoms with Gasteiger partial charge in [0.05, 0.1) is 24.5 Å². The molecule has 0 aliphatic carbocycles. The number of likely N-dealkylation sites (tertiary alicyclic amines) is 2. The van der Waals surface area contributed by atoms with Crippen LogP contribution in [-0.2, 0) is 6.18 Å². The van der Waals surface area contributed by atoms with Gasteiger partial charge >= 0.3 is 6.18 Å². The topological polar surface area (TPSA) is 124 Å².